The predicted molar refractivity (Wildman–Crippen MR) is 51.3 cm³/mol. The highest BCUT2D eigenvalue weighted by Crippen LogP contribution is 2.01. The van der Waals surface area contributed by atoms with E-state index in [4.69, 9.17) is 0 Å². The van der Waals surface area contributed by atoms with Crippen molar-refractivity contribution in [2.24, 2.45) is 0 Å². The van der Waals surface area contributed by atoms with Gasteiger partial charge in [-0.3, -0.25) is 0 Å². The maximum absolute atomic E-state index is 10.0. The molecule has 1 aromatic heterocycles. The minimum atomic E-state index is 0.424. The molecule has 1 N–H and O–H groups in total. The zero-order chi connectivity index (χ0) is 9.52. The molecule has 0 amide bonds. The van der Waals surface area contributed by atoms with Crippen LogP contribution in [0.3, 0.4) is 0 Å². The molecule has 0 fully saturated rings. The van der Waals surface area contributed by atoms with Crippen LogP contribution in [0.1, 0.15) is 12.0 Å². The molecule has 0 aliphatic heterocycles. The Balaban J connectivity index is 2.63. The van der Waals surface area contributed by atoms with Crippen LogP contribution >= 0.6 is 0 Å². The Morgan fingerprint density at radius 3 is 2.69 bits per heavy atom. The average Bonchev–Trinajstić information content (AvgIpc) is 2.19. The van der Waals surface area contributed by atoms with Gasteiger partial charge in [-0.1, -0.05) is 12.2 Å². The summed E-state index contributed by atoms with van der Waals surface area (Å²) in [4.78, 5) is 18.0. The van der Waals surface area contributed by atoms with Gasteiger partial charge in [-0.05, 0) is 0 Å². The third-order valence-corrected chi connectivity index (χ3v) is 1.44. The third-order valence-electron chi connectivity index (χ3n) is 1.44. The highest BCUT2D eigenvalue weighted by molar-refractivity contribution is 5.57. The molecular formula is C9H11N3O. The Kier molecular flexibility index (Phi) is 3.63. The quantitative estimate of drug-likeness (QED) is 0.700. The molecule has 0 saturated heterocycles. The summed E-state index contributed by atoms with van der Waals surface area (Å²) in [5.74, 6) is 0.590. The van der Waals surface area contributed by atoms with E-state index >= 15 is 0 Å². The standard InChI is InChI=1S/C9H11N3O/c1-10-9-11-6-8(7-12-9)4-2-3-5-13/h2,4-7H,3H2,1H3,(H,10,11,12). The SMILES string of the molecule is CNc1ncc(C=CCC=O)cn1. The predicted octanol–water partition coefficient (Wildman–Crippen LogP) is 1.12. The van der Waals surface area contributed by atoms with Gasteiger partial charge in [0, 0.05) is 31.4 Å². The van der Waals surface area contributed by atoms with Crippen molar-refractivity contribution in [3.05, 3.63) is 24.0 Å². The molecule has 0 aliphatic carbocycles. The fourth-order valence-corrected chi connectivity index (χ4v) is 0.813. The molecule has 0 saturated carbocycles. The lowest BCUT2D eigenvalue weighted by atomic mass is 10.3. The second-order valence-corrected chi connectivity index (χ2v) is 2.39. The highest BCUT2D eigenvalue weighted by atomic mass is 16.1. The number of anilines is 1. The van der Waals surface area contributed by atoms with Gasteiger partial charge in [0.05, 0.1) is 0 Å². The maximum atomic E-state index is 10.0. The number of aldehydes is 1. The van der Waals surface area contributed by atoms with E-state index in [0.717, 1.165) is 11.8 Å². The molecule has 4 heteroatoms. The van der Waals surface area contributed by atoms with Crippen LogP contribution in [0.15, 0.2) is 18.5 Å². The minimum absolute atomic E-state index is 0.424. The summed E-state index contributed by atoms with van der Waals surface area (Å²) in [5, 5.41) is 2.82. The van der Waals surface area contributed by atoms with Crippen molar-refractivity contribution in [2.75, 3.05) is 12.4 Å². The van der Waals surface area contributed by atoms with Crippen LogP contribution in [0, 0.1) is 0 Å². The zero-order valence-electron chi connectivity index (χ0n) is 7.40. The second kappa shape index (κ2) is 5.03. The fourth-order valence-electron chi connectivity index (χ4n) is 0.813. The molecule has 68 valence electrons. The number of carbonyl (C=O) groups is 1. The van der Waals surface area contributed by atoms with E-state index in [2.05, 4.69) is 15.3 Å². The van der Waals surface area contributed by atoms with E-state index in [1.807, 2.05) is 6.08 Å². The molecule has 0 aromatic carbocycles. The molecule has 13 heavy (non-hydrogen) atoms. The molecular weight excluding hydrogens is 166 g/mol. The van der Waals surface area contributed by atoms with Crippen LogP contribution in [0.4, 0.5) is 5.95 Å². The summed E-state index contributed by atoms with van der Waals surface area (Å²) in [6.45, 7) is 0. The lowest BCUT2D eigenvalue weighted by Gasteiger charge is -1.96. The number of rotatable bonds is 4. The topological polar surface area (TPSA) is 54.9 Å². The van der Waals surface area contributed by atoms with Gasteiger partial charge in [0.15, 0.2) is 0 Å². The van der Waals surface area contributed by atoms with Gasteiger partial charge >= 0.3 is 0 Å². The smallest absolute Gasteiger partial charge is 0.222 e. The fraction of sp³-hybridized carbons (Fsp3) is 0.222. The summed E-state index contributed by atoms with van der Waals surface area (Å²) < 4.78 is 0. The van der Waals surface area contributed by atoms with Crippen LogP contribution in [0.25, 0.3) is 6.08 Å². The molecule has 0 atom stereocenters. The molecule has 1 aromatic rings. The molecule has 0 spiro atoms. The van der Waals surface area contributed by atoms with E-state index in [0.29, 0.717) is 12.4 Å². The van der Waals surface area contributed by atoms with Crippen molar-refractivity contribution < 1.29 is 4.79 Å². The monoisotopic (exact) mass is 177 g/mol. The number of carbonyl (C=O) groups excluding carboxylic acids is 1. The van der Waals surface area contributed by atoms with Crippen molar-refractivity contribution in [1.29, 1.82) is 0 Å². The van der Waals surface area contributed by atoms with E-state index in [1.165, 1.54) is 0 Å². The maximum Gasteiger partial charge on any atom is 0.222 e. The van der Waals surface area contributed by atoms with Crippen molar-refractivity contribution in [2.45, 2.75) is 6.42 Å². The largest absolute Gasteiger partial charge is 0.357 e. The first kappa shape index (κ1) is 9.38. The van der Waals surface area contributed by atoms with E-state index < -0.39 is 0 Å². The summed E-state index contributed by atoms with van der Waals surface area (Å²) in [6, 6.07) is 0. The van der Waals surface area contributed by atoms with Crippen molar-refractivity contribution in [1.82, 2.24) is 9.97 Å². The van der Waals surface area contributed by atoms with Crippen LogP contribution in [-0.4, -0.2) is 23.3 Å². The first-order chi connectivity index (χ1) is 6.36. The molecule has 4 nitrogen and oxygen atoms in total. The molecule has 0 bridgehead atoms. The summed E-state index contributed by atoms with van der Waals surface area (Å²) in [6.07, 6.45) is 8.24. The average molecular weight is 177 g/mol. The lowest BCUT2D eigenvalue weighted by Crippen LogP contribution is -1.94. The normalized spacial score (nSPS) is 10.2. The van der Waals surface area contributed by atoms with E-state index in [-0.39, 0.29) is 0 Å². The minimum Gasteiger partial charge on any atom is -0.357 e. The number of hydrogen-bond donors (Lipinski definition) is 1. The summed E-state index contributed by atoms with van der Waals surface area (Å²) in [5.41, 5.74) is 0.890. The second-order valence-electron chi connectivity index (χ2n) is 2.39. The van der Waals surface area contributed by atoms with Crippen LogP contribution in [0.2, 0.25) is 0 Å². The highest BCUT2D eigenvalue weighted by Gasteiger charge is 1.90. The van der Waals surface area contributed by atoms with Gasteiger partial charge in [-0.25, -0.2) is 9.97 Å². The van der Waals surface area contributed by atoms with Crippen molar-refractivity contribution in [3.63, 3.8) is 0 Å². The number of nitrogens with zero attached hydrogens (tertiary/aromatic N) is 2. The third kappa shape index (κ3) is 3.02. The van der Waals surface area contributed by atoms with E-state index in [1.54, 1.807) is 25.5 Å². The first-order valence-electron chi connectivity index (χ1n) is 3.97. The Labute approximate surface area is 76.7 Å². The Hall–Kier alpha value is -1.71. The van der Waals surface area contributed by atoms with Crippen LogP contribution < -0.4 is 5.32 Å². The van der Waals surface area contributed by atoms with Gasteiger partial charge in [0.25, 0.3) is 0 Å². The Morgan fingerprint density at radius 2 is 2.15 bits per heavy atom. The lowest BCUT2D eigenvalue weighted by molar-refractivity contribution is -0.107. The summed E-state index contributed by atoms with van der Waals surface area (Å²) >= 11 is 0. The number of aromatic nitrogens is 2. The summed E-state index contributed by atoms with van der Waals surface area (Å²) in [7, 11) is 1.76. The number of nitrogens with one attached hydrogen (secondary N) is 1. The van der Waals surface area contributed by atoms with Gasteiger partial charge in [-0.2, -0.15) is 0 Å². The van der Waals surface area contributed by atoms with Crippen LogP contribution in [0.5, 0.6) is 0 Å². The van der Waals surface area contributed by atoms with Gasteiger partial charge < -0.3 is 10.1 Å². The van der Waals surface area contributed by atoms with Crippen LogP contribution in [-0.2, 0) is 4.79 Å². The van der Waals surface area contributed by atoms with Crippen molar-refractivity contribution >= 4 is 18.3 Å². The van der Waals surface area contributed by atoms with Crippen molar-refractivity contribution in [3.8, 4) is 0 Å². The van der Waals surface area contributed by atoms with Gasteiger partial charge in [-0.15, -0.1) is 0 Å². The number of hydrogen-bond acceptors (Lipinski definition) is 4. The molecule has 1 rings (SSSR count). The number of allylic oxidation sites excluding steroid dienone is 1. The Bertz CT molecular complexity index is 292. The molecule has 0 unspecified atom stereocenters. The molecule has 1 heterocycles. The first-order valence-corrected chi connectivity index (χ1v) is 3.97. The molecule has 0 radical (unpaired) electrons. The Morgan fingerprint density at radius 1 is 1.46 bits per heavy atom. The van der Waals surface area contributed by atoms with Gasteiger partial charge in [0.1, 0.15) is 6.29 Å². The van der Waals surface area contributed by atoms with Gasteiger partial charge in [0.2, 0.25) is 5.95 Å². The van der Waals surface area contributed by atoms with E-state index in [9.17, 15) is 4.79 Å². The molecule has 0 aliphatic rings. The zero-order valence-corrected chi connectivity index (χ0v) is 7.40.